The van der Waals surface area contributed by atoms with E-state index in [1.165, 1.54) is 6.92 Å². The molecule has 2 unspecified atom stereocenters. The van der Waals surface area contributed by atoms with Crippen molar-refractivity contribution in [1.82, 2.24) is 0 Å². The van der Waals surface area contributed by atoms with E-state index in [1.807, 2.05) is 67.6 Å². The molecule has 2 aromatic carbocycles. The van der Waals surface area contributed by atoms with Gasteiger partial charge in [-0.25, -0.2) is 0 Å². The van der Waals surface area contributed by atoms with E-state index in [-0.39, 0.29) is 6.61 Å². The Morgan fingerprint density at radius 2 is 1.46 bits per heavy atom. The first-order chi connectivity index (χ1) is 16.6. The number of hydrogen-bond acceptors (Lipinski definition) is 7. The van der Waals surface area contributed by atoms with E-state index in [1.54, 1.807) is 0 Å². The number of alkyl halides is 3. The lowest BCUT2D eigenvalue weighted by molar-refractivity contribution is -0.283. The van der Waals surface area contributed by atoms with E-state index in [0.29, 0.717) is 13.2 Å². The van der Waals surface area contributed by atoms with Crippen molar-refractivity contribution in [3.63, 3.8) is 0 Å². The lowest BCUT2D eigenvalue weighted by Crippen LogP contribution is -2.58. The van der Waals surface area contributed by atoms with Crippen LogP contribution in [0.2, 0.25) is 0 Å². The minimum Gasteiger partial charge on any atom is -0.463 e. The fraction of sp³-hybridized carbons (Fsp3) is 0.440. The SMILES string of the molecule is CC(=O)OCC1O[C@H](OC(=N)C(Cl)(Cl)Cl)C(C)[C@H](OCc2ccccc2)[C@@H]1OCc1ccccc1. The second-order valence-corrected chi connectivity index (χ2v) is 10.5. The van der Waals surface area contributed by atoms with Gasteiger partial charge in [0.15, 0.2) is 0 Å². The molecule has 1 aliphatic heterocycles. The van der Waals surface area contributed by atoms with Crippen LogP contribution in [0.15, 0.2) is 60.7 Å². The number of esters is 1. The zero-order valence-electron chi connectivity index (χ0n) is 19.4. The number of carbonyl (C=O) groups is 1. The molecule has 5 atom stereocenters. The molecule has 190 valence electrons. The molecule has 0 bridgehead atoms. The van der Waals surface area contributed by atoms with Gasteiger partial charge in [-0.3, -0.25) is 10.2 Å². The van der Waals surface area contributed by atoms with Gasteiger partial charge < -0.3 is 23.7 Å². The van der Waals surface area contributed by atoms with Gasteiger partial charge in [-0.05, 0) is 11.1 Å². The predicted molar refractivity (Wildman–Crippen MR) is 134 cm³/mol. The maximum atomic E-state index is 11.6. The molecule has 2 aromatic rings. The summed E-state index contributed by atoms with van der Waals surface area (Å²) in [7, 11) is 0. The smallest absolute Gasteiger partial charge is 0.302 e. The minimum atomic E-state index is -2.06. The summed E-state index contributed by atoms with van der Waals surface area (Å²) in [5.41, 5.74) is 1.93. The first-order valence-corrected chi connectivity index (χ1v) is 12.2. The van der Waals surface area contributed by atoms with Crippen LogP contribution >= 0.6 is 34.8 Å². The van der Waals surface area contributed by atoms with Crippen LogP contribution in [0.4, 0.5) is 0 Å². The average Bonchev–Trinajstić information content (AvgIpc) is 2.83. The molecule has 1 fully saturated rings. The monoisotopic (exact) mass is 543 g/mol. The predicted octanol–water partition coefficient (Wildman–Crippen LogP) is 5.45. The molecule has 1 heterocycles. The number of nitrogens with one attached hydrogen (secondary N) is 1. The Balaban J connectivity index is 1.85. The van der Waals surface area contributed by atoms with Gasteiger partial charge in [-0.1, -0.05) is 102 Å². The van der Waals surface area contributed by atoms with Crippen LogP contribution in [0.25, 0.3) is 0 Å². The zero-order chi connectivity index (χ0) is 25.4. The molecule has 0 saturated carbocycles. The van der Waals surface area contributed by atoms with Gasteiger partial charge in [-0.2, -0.15) is 0 Å². The second kappa shape index (κ2) is 12.9. The van der Waals surface area contributed by atoms with Gasteiger partial charge in [0.2, 0.25) is 12.2 Å². The Bertz CT molecular complexity index is 957. The molecule has 3 rings (SSSR count). The lowest BCUT2D eigenvalue weighted by Gasteiger charge is -2.45. The third-order valence-corrected chi connectivity index (χ3v) is 5.97. The summed E-state index contributed by atoms with van der Waals surface area (Å²) in [5, 5.41) is 7.99. The lowest BCUT2D eigenvalue weighted by atomic mass is 9.91. The van der Waals surface area contributed by atoms with E-state index in [0.717, 1.165) is 11.1 Å². The fourth-order valence-electron chi connectivity index (χ4n) is 3.67. The molecule has 1 aliphatic rings. The summed E-state index contributed by atoms with van der Waals surface area (Å²) in [6.07, 6.45) is -2.93. The van der Waals surface area contributed by atoms with Crippen LogP contribution in [0.3, 0.4) is 0 Å². The zero-order valence-corrected chi connectivity index (χ0v) is 21.6. The highest BCUT2D eigenvalue weighted by molar-refractivity contribution is 6.76. The highest BCUT2D eigenvalue weighted by atomic mass is 35.6. The summed E-state index contributed by atoms with van der Waals surface area (Å²) >= 11 is 17.4. The third-order valence-electron chi connectivity index (χ3n) is 5.46. The van der Waals surface area contributed by atoms with Crippen LogP contribution in [-0.2, 0) is 41.7 Å². The summed E-state index contributed by atoms with van der Waals surface area (Å²) in [6, 6.07) is 19.3. The van der Waals surface area contributed by atoms with Crippen molar-refractivity contribution in [2.24, 2.45) is 5.92 Å². The van der Waals surface area contributed by atoms with Crippen molar-refractivity contribution in [1.29, 1.82) is 5.41 Å². The fourth-order valence-corrected chi connectivity index (χ4v) is 3.81. The summed E-state index contributed by atoms with van der Waals surface area (Å²) in [6.45, 7) is 3.64. The van der Waals surface area contributed by atoms with Crippen LogP contribution in [0.5, 0.6) is 0 Å². The molecule has 1 saturated heterocycles. The molecule has 10 heteroatoms. The van der Waals surface area contributed by atoms with Crippen LogP contribution < -0.4 is 0 Å². The van der Waals surface area contributed by atoms with E-state index >= 15 is 0 Å². The molecule has 0 aliphatic carbocycles. The topological polar surface area (TPSA) is 87.1 Å². The van der Waals surface area contributed by atoms with Gasteiger partial charge in [-0.15, -0.1) is 0 Å². The molecule has 0 radical (unpaired) electrons. The number of rotatable bonds is 9. The maximum Gasteiger partial charge on any atom is 0.302 e. The average molecular weight is 545 g/mol. The minimum absolute atomic E-state index is 0.104. The van der Waals surface area contributed by atoms with Crippen molar-refractivity contribution in [3.05, 3.63) is 71.8 Å². The summed E-state index contributed by atoms with van der Waals surface area (Å²) in [5.74, 6) is -1.49. The highest BCUT2D eigenvalue weighted by Gasteiger charge is 2.48. The number of carbonyl (C=O) groups excluding carboxylic acids is 1. The molecule has 0 amide bonds. The second-order valence-electron chi connectivity index (χ2n) is 8.17. The van der Waals surface area contributed by atoms with Gasteiger partial charge in [0, 0.05) is 12.8 Å². The van der Waals surface area contributed by atoms with E-state index in [2.05, 4.69) is 0 Å². The third kappa shape index (κ3) is 8.34. The Morgan fingerprint density at radius 1 is 0.943 bits per heavy atom. The molecule has 0 spiro atoms. The Labute approximate surface area is 220 Å². The molecule has 0 aromatic heterocycles. The molecule has 1 N–H and O–H groups in total. The van der Waals surface area contributed by atoms with Gasteiger partial charge in [0.25, 0.3) is 3.79 Å². The van der Waals surface area contributed by atoms with Gasteiger partial charge in [0.1, 0.15) is 18.8 Å². The van der Waals surface area contributed by atoms with Crippen molar-refractivity contribution in [2.75, 3.05) is 6.61 Å². The molecule has 7 nitrogen and oxygen atoms in total. The number of ether oxygens (including phenoxy) is 5. The standard InChI is InChI=1S/C25H28Cl3NO6/c1-16-21(32-13-18-9-5-3-6-10-18)22(33-14-19-11-7-4-8-12-19)20(15-31-17(2)30)34-23(16)35-24(29)25(26,27)28/h3-12,16,20-23,29H,13-15H2,1-2H3/t16?,20?,21-,22+,23+/m0/s1. The van der Waals surface area contributed by atoms with E-state index in [4.69, 9.17) is 63.9 Å². The van der Waals surface area contributed by atoms with E-state index < -0.39 is 46.2 Å². The van der Waals surface area contributed by atoms with Crippen LogP contribution in [0, 0.1) is 11.3 Å². The summed E-state index contributed by atoms with van der Waals surface area (Å²) < 4.78 is 27.4. The summed E-state index contributed by atoms with van der Waals surface area (Å²) in [4.78, 5) is 11.6. The molecular formula is C25H28Cl3NO6. The van der Waals surface area contributed by atoms with Crippen molar-refractivity contribution >= 4 is 46.7 Å². The van der Waals surface area contributed by atoms with Crippen molar-refractivity contribution < 1.29 is 28.5 Å². The van der Waals surface area contributed by atoms with Crippen molar-refractivity contribution in [3.8, 4) is 0 Å². The Morgan fingerprint density at radius 3 is 1.94 bits per heavy atom. The number of benzene rings is 2. The Kier molecular flexibility index (Phi) is 10.2. The largest absolute Gasteiger partial charge is 0.463 e. The maximum absolute atomic E-state index is 11.6. The van der Waals surface area contributed by atoms with Crippen LogP contribution in [-0.4, -0.2) is 46.9 Å². The normalized spacial score (nSPS) is 24.5. The molecule has 35 heavy (non-hydrogen) atoms. The van der Waals surface area contributed by atoms with Gasteiger partial charge >= 0.3 is 5.97 Å². The first kappa shape index (κ1) is 27.7. The van der Waals surface area contributed by atoms with Gasteiger partial charge in [0.05, 0.1) is 19.3 Å². The Hall–Kier alpha value is -1.87. The molecular weight excluding hydrogens is 517 g/mol. The highest BCUT2D eigenvalue weighted by Crippen LogP contribution is 2.35. The quantitative estimate of drug-likeness (QED) is 0.196. The van der Waals surface area contributed by atoms with Crippen LogP contribution in [0.1, 0.15) is 25.0 Å². The number of hydrogen-bond donors (Lipinski definition) is 1. The van der Waals surface area contributed by atoms with Crippen molar-refractivity contribution in [2.45, 2.75) is 55.5 Å². The van der Waals surface area contributed by atoms with E-state index in [9.17, 15) is 4.79 Å². The first-order valence-electron chi connectivity index (χ1n) is 11.1. The number of halogens is 3.